The Kier molecular flexibility index (Phi) is 24.9. The van der Waals surface area contributed by atoms with Gasteiger partial charge in [-0.15, -0.1) is 0 Å². The summed E-state index contributed by atoms with van der Waals surface area (Å²) in [6, 6.07) is 0. The van der Waals surface area contributed by atoms with Gasteiger partial charge in [0.2, 0.25) is 0 Å². The second-order valence-electron chi connectivity index (χ2n) is 9.15. The van der Waals surface area contributed by atoms with Crippen LogP contribution in [-0.2, 0) is 4.79 Å². The molecule has 0 aromatic heterocycles. The van der Waals surface area contributed by atoms with Crippen LogP contribution in [0.2, 0.25) is 0 Å². The van der Waals surface area contributed by atoms with Crippen LogP contribution in [0.1, 0.15) is 162 Å². The topological polar surface area (TPSA) is 17.1 Å². The van der Waals surface area contributed by atoms with Gasteiger partial charge in [-0.05, 0) is 31.3 Å². The lowest BCUT2D eigenvalue weighted by Gasteiger charge is -2.04. The molecule has 0 heterocycles. The predicted molar refractivity (Wildman–Crippen MR) is 132 cm³/mol. The van der Waals surface area contributed by atoms with Crippen LogP contribution in [0.4, 0.5) is 0 Å². The Morgan fingerprint density at radius 2 is 0.828 bits per heavy atom. The molecule has 1 nitrogen and oxygen atoms in total. The Morgan fingerprint density at radius 1 is 0.483 bits per heavy atom. The molecule has 172 valence electrons. The van der Waals surface area contributed by atoms with Crippen LogP contribution in [0.25, 0.3) is 0 Å². The molecule has 0 aliphatic heterocycles. The molecule has 0 saturated carbocycles. The molecule has 0 aliphatic rings. The highest BCUT2D eigenvalue weighted by molar-refractivity contribution is 5.72. The Labute approximate surface area is 184 Å². The van der Waals surface area contributed by atoms with Crippen molar-refractivity contribution < 1.29 is 4.79 Å². The lowest BCUT2D eigenvalue weighted by atomic mass is 10.0. The minimum absolute atomic E-state index is 0.998. The van der Waals surface area contributed by atoms with E-state index in [9.17, 15) is 4.79 Å². The largest absolute Gasteiger partial charge is 0.298 e. The van der Waals surface area contributed by atoms with E-state index in [4.69, 9.17) is 0 Å². The lowest BCUT2D eigenvalue weighted by molar-refractivity contribution is -0.105. The molecule has 0 aromatic carbocycles. The van der Waals surface area contributed by atoms with Gasteiger partial charge in [0.25, 0.3) is 0 Å². The van der Waals surface area contributed by atoms with E-state index in [1.165, 1.54) is 135 Å². The number of allylic oxidation sites excluding steroid dienone is 2. The summed E-state index contributed by atoms with van der Waals surface area (Å²) in [7, 11) is 0. The maximum atomic E-state index is 11.3. The fourth-order valence-corrected chi connectivity index (χ4v) is 4.12. The average Bonchev–Trinajstić information content (AvgIpc) is 2.74. The molecule has 0 radical (unpaired) electrons. The van der Waals surface area contributed by atoms with E-state index in [-0.39, 0.29) is 0 Å². The molecular weight excluding hydrogens is 352 g/mol. The molecule has 0 amide bonds. The van der Waals surface area contributed by atoms with Crippen LogP contribution < -0.4 is 0 Å². The Bertz CT molecular complexity index is 344. The zero-order valence-electron chi connectivity index (χ0n) is 20.3. The number of unbranched alkanes of at least 4 members (excludes halogenated alkanes) is 20. The predicted octanol–water partition coefficient (Wildman–Crippen LogP) is 10.1. The molecule has 1 heteroatoms. The third-order valence-corrected chi connectivity index (χ3v) is 6.18. The first-order chi connectivity index (χ1) is 14.3. The van der Waals surface area contributed by atoms with Crippen molar-refractivity contribution in [3.8, 4) is 0 Å². The van der Waals surface area contributed by atoms with E-state index >= 15 is 0 Å². The standard InChI is InChI=1S/C28H54O/c1-3-5-7-9-11-13-15-16-18-20-22-24-26-28(27-29)25-23-21-19-17-14-12-10-8-6-4-2/h26-27H,3-25H2,1-2H3. The maximum absolute atomic E-state index is 11.3. The van der Waals surface area contributed by atoms with Crippen molar-refractivity contribution in [2.45, 2.75) is 162 Å². The van der Waals surface area contributed by atoms with E-state index in [0.29, 0.717) is 0 Å². The van der Waals surface area contributed by atoms with Crippen molar-refractivity contribution in [2.75, 3.05) is 0 Å². The third kappa shape index (κ3) is 23.6. The zero-order valence-corrected chi connectivity index (χ0v) is 20.3. The summed E-state index contributed by atoms with van der Waals surface area (Å²) >= 11 is 0. The van der Waals surface area contributed by atoms with E-state index in [1.807, 2.05) is 0 Å². The average molecular weight is 407 g/mol. The van der Waals surface area contributed by atoms with Gasteiger partial charge < -0.3 is 0 Å². The minimum Gasteiger partial charge on any atom is -0.298 e. The fraction of sp³-hybridized carbons (Fsp3) is 0.893. The van der Waals surface area contributed by atoms with Crippen LogP contribution in [0.3, 0.4) is 0 Å². The fourth-order valence-electron chi connectivity index (χ4n) is 4.12. The number of hydrogen-bond donors (Lipinski definition) is 0. The van der Waals surface area contributed by atoms with Gasteiger partial charge in [-0.2, -0.15) is 0 Å². The smallest absolute Gasteiger partial charge is 0.145 e. The van der Waals surface area contributed by atoms with Crippen molar-refractivity contribution in [1.29, 1.82) is 0 Å². The molecule has 0 unspecified atom stereocenters. The first-order valence-corrected chi connectivity index (χ1v) is 13.5. The molecule has 0 aromatic rings. The maximum Gasteiger partial charge on any atom is 0.145 e. The number of aldehydes is 1. The van der Waals surface area contributed by atoms with Gasteiger partial charge in [0.05, 0.1) is 0 Å². The van der Waals surface area contributed by atoms with Crippen LogP contribution in [0, 0.1) is 0 Å². The summed E-state index contributed by atoms with van der Waals surface area (Å²) in [5, 5.41) is 0. The first-order valence-electron chi connectivity index (χ1n) is 13.5. The second kappa shape index (κ2) is 25.4. The van der Waals surface area contributed by atoms with Crippen molar-refractivity contribution in [3.63, 3.8) is 0 Å². The summed E-state index contributed by atoms with van der Waals surface area (Å²) in [4.78, 5) is 11.3. The Hall–Kier alpha value is -0.590. The molecule has 0 fully saturated rings. The molecular formula is C28H54O. The second-order valence-corrected chi connectivity index (χ2v) is 9.15. The summed E-state index contributed by atoms with van der Waals surface area (Å²) in [6.07, 6.45) is 34.3. The summed E-state index contributed by atoms with van der Waals surface area (Å²) in [5.41, 5.74) is 1.05. The summed E-state index contributed by atoms with van der Waals surface area (Å²) in [5.74, 6) is 0. The molecule has 0 bridgehead atoms. The van der Waals surface area contributed by atoms with Crippen molar-refractivity contribution >= 4 is 6.29 Å². The highest BCUT2D eigenvalue weighted by atomic mass is 16.1. The summed E-state index contributed by atoms with van der Waals surface area (Å²) < 4.78 is 0. The Balaban J connectivity index is 3.38. The van der Waals surface area contributed by atoms with Gasteiger partial charge in [-0.25, -0.2) is 0 Å². The van der Waals surface area contributed by atoms with Crippen LogP contribution in [-0.4, -0.2) is 6.29 Å². The molecule has 0 saturated heterocycles. The number of carbonyl (C=O) groups is 1. The molecule has 0 aliphatic carbocycles. The molecule has 0 rings (SSSR count). The number of hydrogen-bond acceptors (Lipinski definition) is 1. The van der Waals surface area contributed by atoms with Crippen LogP contribution in [0.15, 0.2) is 11.6 Å². The van der Waals surface area contributed by atoms with Gasteiger partial charge in [0.15, 0.2) is 0 Å². The minimum atomic E-state index is 0.998. The van der Waals surface area contributed by atoms with E-state index in [2.05, 4.69) is 19.9 Å². The van der Waals surface area contributed by atoms with Crippen LogP contribution >= 0.6 is 0 Å². The van der Waals surface area contributed by atoms with E-state index in [1.54, 1.807) is 0 Å². The van der Waals surface area contributed by atoms with Crippen molar-refractivity contribution in [2.24, 2.45) is 0 Å². The van der Waals surface area contributed by atoms with Crippen molar-refractivity contribution in [3.05, 3.63) is 11.6 Å². The van der Waals surface area contributed by atoms with Crippen molar-refractivity contribution in [1.82, 2.24) is 0 Å². The SMILES string of the molecule is CCCCCCCCCCCCCC=C(C=O)CCCCCCCCCCCC. The summed E-state index contributed by atoms with van der Waals surface area (Å²) in [6.45, 7) is 4.56. The first kappa shape index (κ1) is 28.4. The zero-order chi connectivity index (χ0) is 21.3. The number of rotatable bonds is 24. The Morgan fingerprint density at radius 3 is 1.21 bits per heavy atom. The third-order valence-electron chi connectivity index (χ3n) is 6.18. The van der Waals surface area contributed by atoms with Gasteiger partial charge in [0, 0.05) is 0 Å². The normalized spacial score (nSPS) is 11.9. The van der Waals surface area contributed by atoms with Gasteiger partial charge >= 0.3 is 0 Å². The van der Waals surface area contributed by atoms with E-state index in [0.717, 1.165) is 24.7 Å². The highest BCUT2D eigenvalue weighted by Crippen LogP contribution is 2.15. The molecule has 0 N–H and O–H groups in total. The number of carbonyl (C=O) groups excluding carboxylic acids is 1. The van der Waals surface area contributed by atoms with Crippen LogP contribution in [0.5, 0.6) is 0 Å². The highest BCUT2D eigenvalue weighted by Gasteiger charge is 1.98. The van der Waals surface area contributed by atoms with Gasteiger partial charge in [-0.3, -0.25) is 4.79 Å². The molecule has 0 atom stereocenters. The monoisotopic (exact) mass is 406 g/mol. The van der Waals surface area contributed by atoms with E-state index < -0.39 is 0 Å². The molecule has 0 spiro atoms. The lowest BCUT2D eigenvalue weighted by Crippen LogP contribution is -1.88. The van der Waals surface area contributed by atoms with Gasteiger partial charge in [-0.1, -0.05) is 142 Å². The molecule has 29 heavy (non-hydrogen) atoms. The quantitative estimate of drug-likeness (QED) is 0.0884. The van der Waals surface area contributed by atoms with Gasteiger partial charge in [0.1, 0.15) is 6.29 Å².